The summed E-state index contributed by atoms with van der Waals surface area (Å²) in [6.07, 6.45) is 2.66. The monoisotopic (exact) mass is 261 g/mol. The first kappa shape index (κ1) is 13.9. The van der Waals surface area contributed by atoms with Gasteiger partial charge in [0.1, 0.15) is 5.75 Å². The summed E-state index contributed by atoms with van der Waals surface area (Å²) in [5, 5.41) is 0. The van der Waals surface area contributed by atoms with E-state index in [9.17, 15) is 4.79 Å². The Labute approximate surface area is 115 Å². The third-order valence-corrected chi connectivity index (χ3v) is 3.84. The number of carbonyl (C=O) groups is 1. The first-order valence-corrected chi connectivity index (χ1v) is 7.29. The number of rotatable bonds is 5. The van der Waals surface area contributed by atoms with Crippen molar-refractivity contribution in [2.45, 2.75) is 46.0 Å². The molecule has 0 radical (unpaired) electrons. The minimum absolute atomic E-state index is 0.0948. The number of fused-ring (bicyclic) bond motifs is 1. The van der Waals surface area contributed by atoms with Gasteiger partial charge in [0.2, 0.25) is 0 Å². The van der Waals surface area contributed by atoms with Crippen molar-refractivity contribution in [2.75, 3.05) is 18.0 Å². The summed E-state index contributed by atoms with van der Waals surface area (Å²) >= 11 is 0. The molecule has 1 aliphatic heterocycles. The Hall–Kier alpha value is -1.51. The van der Waals surface area contributed by atoms with E-state index >= 15 is 0 Å². The molecule has 2 rings (SSSR count). The van der Waals surface area contributed by atoms with Crippen molar-refractivity contribution in [1.29, 1.82) is 0 Å². The van der Waals surface area contributed by atoms with Gasteiger partial charge >= 0.3 is 5.97 Å². The summed E-state index contributed by atoms with van der Waals surface area (Å²) in [5.74, 6) is 0.994. The van der Waals surface area contributed by atoms with Crippen molar-refractivity contribution in [1.82, 2.24) is 0 Å². The van der Waals surface area contributed by atoms with Crippen molar-refractivity contribution < 1.29 is 9.53 Å². The summed E-state index contributed by atoms with van der Waals surface area (Å²) in [5.41, 5.74) is 2.33. The number of esters is 1. The number of nitrogens with zero attached hydrogens (tertiary/aromatic N) is 1. The van der Waals surface area contributed by atoms with Crippen LogP contribution < -0.4 is 9.64 Å². The molecule has 0 aromatic heterocycles. The van der Waals surface area contributed by atoms with Crippen LogP contribution in [0.15, 0.2) is 18.2 Å². The summed E-state index contributed by atoms with van der Waals surface area (Å²) in [7, 11) is 0. The van der Waals surface area contributed by atoms with Gasteiger partial charge in [0.15, 0.2) is 0 Å². The number of ether oxygens (including phenoxy) is 1. The molecule has 1 aromatic rings. The standard InChI is InChI=1S/C16H23NO2/c1-4-7-12-10-16(18)19-15-11-13(8-9-14(12)15)17(5-2)6-3/h8-9,11-12H,4-7,10H2,1-3H3. The number of hydrogen-bond donors (Lipinski definition) is 0. The molecule has 1 unspecified atom stereocenters. The molecule has 0 saturated heterocycles. The van der Waals surface area contributed by atoms with Crippen molar-refractivity contribution in [2.24, 2.45) is 0 Å². The minimum Gasteiger partial charge on any atom is -0.426 e. The Balaban J connectivity index is 2.33. The second-order valence-corrected chi connectivity index (χ2v) is 5.06. The lowest BCUT2D eigenvalue weighted by Crippen LogP contribution is -2.24. The van der Waals surface area contributed by atoms with Gasteiger partial charge in [-0.15, -0.1) is 0 Å². The molecule has 1 aromatic carbocycles. The zero-order valence-electron chi connectivity index (χ0n) is 12.1. The fraction of sp³-hybridized carbons (Fsp3) is 0.562. The van der Waals surface area contributed by atoms with E-state index in [1.54, 1.807) is 0 Å². The summed E-state index contributed by atoms with van der Waals surface area (Å²) in [6.45, 7) is 8.34. The molecule has 1 atom stereocenters. The van der Waals surface area contributed by atoms with Gasteiger partial charge in [-0.1, -0.05) is 19.4 Å². The second kappa shape index (κ2) is 6.09. The molecule has 0 aliphatic carbocycles. The van der Waals surface area contributed by atoms with E-state index in [0.29, 0.717) is 12.3 Å². The zero-order chi connectivity index (χ0) is 13.8. The quantitative estimate of drug-likeness (QED) is 0.597. The van der Waals surface area contributed by atoms with E-state index in [1.165, 1.54) is 5.56 Å². The van der Waals surface area contributed by atoms with E-state index in [4.69, 9.17) is 4.74 Å². The first-order valence-electron chi connectivity index (χ1n) is 7.29. The lowest BCUT2D eigenvalue weighted by Gasteiger charge is -2.27. The van der Waals surface area contributed by atoms with Gasteiger partial charge in [-0.2, -0.15) is 0 Å². The smallest absolute Gasteiger partial charge is 0.311 e. The van der Waals surface area contributed by atoms with Gasteiger partial charge in [0, 0.05) is 24.8 Å². The highest BCUT2D eigenvalue weighted by Crippen LogP contribution is 2.39. The average Bonchev–Trinajstić information content (AvgIpc) is 2.40. The van der Waals surface area contributed by atoms with E-state index in [0.717, 1.165) is 37.4 Å². The van der Waals surface area contributed by atoms with E-state index in [2.05, 4.69) is 37.8 Å². The van der Waals surface area contributed by atoms with Crippen LogP contribution >= 0.6 is 0 Å². The maximum atomic E-state index is 11.7. The number of benzene rings is 1. The van der Waals surface area contributed by atoms with Gasteiger partial charge < -0.3 is 9.64 Å². The van der Waals surface area contributed by atoms with Crippen molar-refractivity contribution in [3.63, 3.8) is 0 Å². The van der Waals surface area contributed by atoms with Crippen LogP contribution in [-0.4, -0.2) is 19.1 Å². The van der Waals surface area contributed by atoms with Crippen molar-refractivity contribution in [3.05, 3.63) is 23.8 Å². The SMILES string of the molecule is CCCC1CC(=O)Oc2cc(N(CC)CC)ccc21. The lowest BCUT2D eigenvalue weighted by molar-refractivity contribution is -0.135. The Morgan fingerprint density at radius 3 is 2.63 bits per heavy atom. The van der Waals surface area contributed by atoms with E-state index in [-0.39, 0.29) is 5.97 Å². The van der Waals surface area contributed by atoms with Crippen LogP contribution in [0.1, 0.15) is 51.5 Å². The van der Waals surface area contributed by atoms with Gasteiger partial charge in [0.25, 0.3) is 0 Å². The lowest BCUT2D eigenvalue weighted by atomic mass is 9.89. The number of hydrogen-bond acceptors (Lipinski definition) is 3. The molecule has 104 valence electrons. The molecule has 0 saturated carbocycles. The maximum Gasteiger partial charge on any atom is 0.311 e. The Kier molecular flexibility index (Phi) is 4.46. The largest absolute Gasteiger partial charge is 0.426 e. The molecular formula is C16H23NO2. The third-order valence-electron chi connectivity index (χ3n) is 3.84. The fourth-order valence-corrected chi connectivity index (χ4v) is 2.82. The van der Waals surface area contributed by atoms with E-state index < -0.39 is 0 Å². The van der Waals surface area contributed by atoms with Crippen molar-refractivity contribution in [3.8, 4) is 5.75 Å². The minimum atomic E-state index is -0.0948. The predicted molar refractivity (Wildman–Crippen MR) is 77.9 cm³/mol. The zero-order valence-corrected chi connectivity index (χ0v) is 12.1. The van der Waals surface area contributed by atoms with Gasteiger partial charge in [-0.05, 0) is 37.8 Å². The normalized spacial score (nSPS) is 17.8. The van der Waals surface area contributed by atoms with Crippen LogP contribution in [0.5, 0.6) is 5.75 Å². The number of anilines is 1. The summed E-state index contributed by atoms with van der Waals surface area (Å²) < 4.78 is 5.42. The Morgan fingerprint density at radius 2 is 2.00 bits per heavy atom. The Morgan fingerprint density at radius 1 is 1.26 bits per heavy atom. The highest BCUT2D eigenvalue weighted by atomic mass is 16.5. The molecule has 0 fully saturated rings. The average molecular weight is 261 g/mol. The first-order chi connectivity index (χ1) is 9.19. The molecule has 1 aliphatic rings. The Bertz CT molecular complexity index is 452. The van der Waals surface area contributed by atoms with Crippen LogP contribution in [0.2, 0.25) is 0 Å². The molecule has 0 spiro atoms. The molecule has 3 nitrogen and oxygen atoms in total. The van der Waals surface area contributed by atoms with Crippen LogP contribution in [0.4, 0.5) is 5.69 Å². The number of carbonyl (C=O) groups excluding carboxylic acids is 1. The molecule has 1 heterocycles. The second-order valence-electron chi connectivity index (χ2n) is 5.06. The molecule has 0 amide bonds. The molecule has 3 heteroatoms. The van der Waals surface area contributed by atoms with Gasteiger partial charge in [-0.3, -0.25) is 4.79 Å². The van der Waals surface area contributed by atoms with Gasteiger partial charge in [0.05, 0.1) is 6.42 Å². The fourth-order valence-electron chi connectivity index (χ4n) is 2.82. The van der Waals surface area contributed by atoms with Crippen LogP contribution in [0.3, 0.4) is 0 Å². The summed E-state index contributed by atoms with van der Waals surface area (Å²) in [6, 6.07) is 6.30. The highest BCUT2D eigenvalue weighted by molar-refractivity contribution is 5.77. The van der Waals surface area contributed by atoms with Crippen LogP contribution in [0.25, 0.3) is 0 Å². The highest BCUT2D eigenvalue weighted by Gasteiger charge is 2.26. The van der Waals surface area contributed by atoms with Crippen LogP contribution in [-0.2, 0) is 4.79 Å². The van der Waals surface area contributed by atoms with E-state index in [1.807, 2.05) is 6.07 Å². The van der Waals surface area contributed by atoms with Crippen LogP contribution in [0, 0.1) is 0 Å². The molecule has 19 heavy (non-hydrogen) atoms. The van der Waals surface area contributed by atoms with Gasteiger partial charge in [-0.25, -0.2) is 0 Å². The topological polar surface area (TPSA) is 29.5 Å². The molecule has 0 bridgehead atoms. The maximum absolute atomic E-state index is 11.7. The summed E-state index contributed by atoms with van der Waals surface area (Å²) in [4.78, 5) is 14.0. The third kappa shape index (κ3) is 2.91. The molecule has 0 N–H and O–H groups in total. The predicted octanol–water partition coefficient (Wildman–Crippen LogP) is 3.73. The van der Waals surface area contributed by atoms with Crippen molar-refractivity contribution >= 4 is 11.7 Å². The molecular weight excluding hydrogens is 238 g/mol.